The number of nitrogens with one attached hydrogen (secondary N) is 2. The summed E-state index contributed by atoms with van der Waals surface area (Å²) in [5.74, 6) is 0.0764. The first-order valence-corrected chi connectivity index (χ1v) is 7.51. The Kier molecular flexibility index (Phi) is 4.88. The Bertz CT molecular complexity index is 471. The van der Waals surface area contributed by atoms with E-state index in [1.807, 2.05) is 13.8 Å². The molecule has 0 bridgehead atoms. The van der Waals surface area contributed by atoms with Crippen LogP contribution in [0.5, 0.6) is 0 Å². The second-order valence-corrected chi connectivity index (χ2v) is 5.61. The van der Waals surface area contributed by atoms with Gasteiger partial charge in [-0.25, -0.2) is 0 Å². The van der Waals surface area contributed by atoms with Crippen molar-refractivity contribution in [3.05, 3.63) is 23.8 Å². The van der Waals surface area contributed by atoms with Crippen LogP contribution in [0.25, 0.3) is 0 Å². The molecule has 1 aromatic carbocycles. The SMILES string of the molecule is CCN(CC(=O)NC(C)C)c1ccc2c(c1)NCCC2. The average molecular weight is 275 g/mol. The predicted molar refractivity (Wildman–Crippen MR) is 84.4 cm³/mol. The molecule has 0 radical (unpaired) electrons. The molecule has 0 aromatic heterocycles. The number of amides is 1. The maximum Gasteiger partial charge on any atom is 0.239 e. The van der Waals surface area contributed by atoms with Crippen molar-refractivity contribution in [2.75, 3.05) is 29.9 Å². The van der Waals surface area contributed by atoms with Gasteiger partial charge in [-0.3, -0.25) is 4.79 Å². The van der Waals surface area contributed by atoms with Crippen LogP contribution in [0.4, 0.5) is 11.4 Å². The van der Waals surface area contributed by atoms with Gasteiger partial charge in [0.2, 0.25) is 5.91 Å². The molecule has 110 valence electrons. The molecule has 4 heteroatoms. The van der Waals surface area contributed by atoms with Crippen molar-refractivity contribution in [3.63, 3.8) is 0 Å². The van der Waals surface area contributed by atoms with Crippen molar-refractivity contribution in [1.29, 1.82) is 0 Å². The molecule has 0 aliphatic carbocycles. The lowest BCUT2D eigenvalue weighted by Crippen LogP contribution is -2.40. The molecule has 0 atom stereocenters. The first-order chi connectivity index (χ1) is 9.60. The highest BCUT2D eigenvalue weighted by molar-refractivity contribution is 5.82. The Morgan fingerprint density at radius 3 is 2.95 bits per heavy atom. The molecule has 0 saturated carbocycles. The predicted octanol–water partition coefficient (Wildman–Crippen LogP) is 2.40. The number of hydrogen-bond acceptors (Lipinski definition) is 3. The van der Waals surface area contributed by atoms with Gasteiger partial charge in [0.15, 0.2) is 0 Å². The molecule has 1 amide bonds. The van der Waals surface area contributed by atoms with Crippen molar-refractivity contribution in [2.24, 2.45) is 0 Å². The van der Waals surface area contributed by atoms with Crippen molar-refractivity contribution < 1.29 is 4.79 Å². The van der Waals surface area contributed by atoms with E-state index < -0.39 is 0 Å². The maximum absolute atomic E-state index is 11.9. The number of carbonyl (C=O) groups excluding carboxylic acids is 1. The number of hydrogen-bond donors (Lipinski definition) is 2. The largest absolute Gasteiger partial charge is 0.385 e. The van der Waals surface area contributed by atoms with Crippen LogP contribution in [0.3, 0.4) is 0 Å². The summed E-state index contributed by atoms with van der Waals surface area (Å²) < 4.78 is 0. The lowest BCUT2D eigenvalue weighted by Gasteiger charge is -2.26. The third-order valence-corrected chi connectivity index (χ3v) is 3.56. The zero-order chi connectivity index (χ0) is 14.5. The summed E-state index contributed by atoms with van der Waals surface area (Å²) in [5.41, 5.74) is 3.71. The first-order valence-electron chi connectivity index (χ1n) is 7.51. The molecular formula is C16H25N3O. The summed E-state index contributed by atoms with van der Waals surface area (Å²) in [6.07, 6.45) is 2.34. The molecule has 0 fully saturated rings. The zero-order valence-corrected chi connectivity index (χ0v) is 12.7. The number of carbonyl (C=O) groups is 1. The molecule has 0 unspecified atom stereocenters. The van der Waals surface area contributed by atoms with Gasteiger partial charge >= 0.3 is 0 Å². The van der Waals surface area contributed by atoms with Gasteiger partial charge in [-0.05, 0) is 51.3 Å². The van der Waals surface area contributed by atoms with Crippen LogP contribution in [0.1, 0.15) is 32.8 Å². The Hall–Kier alpha value is -1.71. The zero-order valence-electron chi connectivity index (χ0n) is 12.7. The second kappa shape index (κ2) is 6.64. The van der Waals surface area contributed by atoms with Gasteiger partial charge in [0.25, 0.3) is 0 Å². The van der Waals surface area contributed by atoms with Gasteiger partial charge < -0.3 is 15.5 Å². The van der Waals surface area contributed by atoms with Gasteiger partial charge in [-0.2, -0.15) is 0 Å². The molecule has 0 saturated heterocycles. The number of aryl methyl sites for hydroxylation is 1. The maximum atomic E-state index is 11.9. The normalized spacial score (nSPS) is 13.6. The van der Waals surface area contributed by atoms with Crippen LogP contribution in [-0.4, -0.2) is 31.6 Å². The molecule has 1 heterocycles. The molecule has 2 N–H and O–H groups in total. The average Bonchev–Trinajstić information content (AvgIpc) is 2.43. The highest BCUT2D eigenvalue weighted by Gasteiger charge is 2.14. The molecular weight excluding hydrogens is 250 g/mol. The van der Waals surface area contributed by atoms with E-state index in [9.17, 15) is 4.79 Å². The smallest absolute Gasteiger partial charge is 0.239 e. The van der Waals surface area contributed by atoms with Crippen LogP contribution in [0.2, 0.25) is 0 Å². The van der Waals surface area contributed by atoms with Crippen LogP contribution in [0, 0.1) is 0 Å². The number of nitrogens with zero attached hydrogens (tertiary/aromatic N) is 1. The fourth-order valence-electron chi connectivity index (χ4n) is 2.57. The molecule has 1 aromatic rings. The van der Waals surface area contributed by atoms with E-state index in [-0.39, 0.29) is 11.9 Å². The fourth-order valence-corrected chi connectivity index (χ4v) is 2.57. The minimum Gasteiger partial charge on any atom is -0.385 e. The molecule has 1 aliphatic heterocycles. The number of fused-ring (bicyclic) bond motifs is 1. The molecule has 1 aliphatic rings. The van der Waals surface area contributed by atoms with Gasteiger partial charge in [0, 0.05) is 30.5 Å². The van der Waals surface area contributed by atoms with E-state index in [0.29, 0.717) is 6.54 Å². The number of likely N-dealkylation sites (N-methyl/N-ethyl adjacent to an activating group) is 1. The van der Waals surface area contributed by atoms with Crippen LogP contribution < -0.4 is 15.5 Å². The molecule has 0 spiro atoms. The van der Waals surface area contributed by atoms with E-state index >= 15 is 0 Å². The summed E-state index contributed by atoms with van der Waals surface area (Å²) in [4.78, 5) is 14.0. The van der Waals surface area contributed by atoms with Gasteiger partial charge in [0.05, 0.1) is 6.54 Å². The minimum absolute atomic E-state index is 0.0764. The van der Waals surface area contributed by atoms with Crippen molar-refractivity contribution in [1.82, 2.24) is 5.32 Å². The number of rotatable bonds is 5. The highest BCUT2D eigenvalue weighted by atomic mass is 16.2. The Morgan fingerprint density at radius 1 is 1.45 bits per heavy atom. The van der Waals surface area contributed by atoms with Gasteiger partial charge in [0.1, 0.15) is 0 Å². The van der Waals surface area contributed by atoms with Crippen molar-refractivity contribution >= 4 is 17.3 Å². The van der Waals surface area contributed by atoms with E-state index in [1.165, 1.54) is 17.7 Å². The summed E-state index contributed by atoms with van der Waals surface area (Å²) in [6, 6.07) is 6.66. The number of benzene rings is 1. The lowest BCUT2D eigenvalue weighted by molar-refractivity contribution is -0.120. The van der Waals surface area contributed by atoms with E-state index in [2.05, 4.69) is 40.7 Å². The van der Waals surface area contributed by atoms with Gasteiger partial charge in [-0.15, -0.1) is 0 Å². The standard InChI is InChI=1S/C16H25N3O/c1-4-19(11-16(20)18-12(2)3)14-8-7-13-6-5-9-17-15(13)10-14/h7-8,10,12,17H,4-6,9,11H2,1-3H3,(H,18,20). The Balaban J connectivity index is 2.09. The summed E-state index contributed by atoms with van der Waals surface area (Å²) in [7, 11) is 0. The minimum atomic E-state index is 0.0764. The summed E-state index contributed by atoms with van der Waals surface area (Å²) in [6.45, 7) is 8.32. The van der Waals surface area contributed by atoms with Crippen molar-refractivity contribution in [3.8, 4) is 0 Å². The Labute approximate surface area is 121 Å². The van der Waals surface area contributed by atoms with Crippen LogP contribution in [-0.2, 0) is 11.2 Å². The lowest BCUT2D eigenvalue weighted by atomic mass is 10.0. The fraction of sp³-hybridized carbons (Fsp3) is 0.562. The van der Waals surface area contributed by atoms with Crippen LogP contribution >= 0.6 is 0 Å². The summed E-state index contributed by atoms with van der Waals surface area (Å²) in [5, 5.41) is 6.38. The summed E-state index contributed by atoms with van der Waals surface area (Å²) >= 11 is 0. The van der Waals surface area contributed by atoms with Crippen molar-refractivity contribution in [2.45, 2.75) is 39.7 Å². The van der Waals surface area contributed by atoms with E-state index in [1.54, 1.807) is 0 Å². The highest BCUT2D eigenvalue weighted by Crippen LogP contribution is 2.27. The number of anilines is 2. The van der Waals surface area contributed by atoms with Gasteiger partial charge in [-0.1, -0.05) is 6.07 Å². The second-order valence-electron chi connectivity index (χ2n) is 5.61. The Morgan fingerprint density at radius 2 is 2.25 bits per heavy atom. The molecule has 4 nitrogen and oxygen atoms in total. The monoisotopic (exact) mass is 275 g/mol. The van der Waals surface area contributed by atoms with E-state index in [4.69, 9.17) is 0 Å². The van der Waals surface area contributed by atoms with Crippen LogP contribution in [0.15, 0.2) is 18.2 Å². The molecule has 20 heavy (non-hydrogen) atoms. The third kappa shape index (κ3) is 3.65. The molecule has 2 rings (SSSR count). The van der Waals surface area contributed by atoms with E-state index in [0.717, 1.165) is 25.2 Å². The quantitative estimate of drug-likeness (QED) is 0.867. The topological polar surface area (TPSA) is 44.4 Å². The third-order valence-electron chi connectivity index (χ3n) is 3.56. The first kappa shape index (κ1) is 14.7.